The molecule has 3 aromatic carbocycles. The maximum absolute atomic E-state index is 12.8. The Kier molecular flexibility index (Phi) is 6.21. The molecule has 0 spiro atoms. The summed E-state index contributed by atoms with van der Waals surface area (Å²) in [6.07, 6.45) is 0. The molecule has 4 heteroatoms. The van der Waals surface area contributed by atoms with Gasteiger partial charge in [0.15, 0.2) is 0 Å². The van der Waals surface area contributed by atoms with E-state index in [4.69, 9.17) is 0 Å². The molecule has 3 rings (SSSR count). The zero-order valence-electron chi connectivity index (χ0n) is 18.5. The summed E-state index contributed by atoms with van der Waals surface area (Å²) >= 11 is 0. The molecule has 0 aliphatic heterocycles. The van der Waals surface area contributed by atoms with Crippen LogP contribution in [0.2, 0.25) is 0 Å². The van der Waals surface area contributed by atoms with Crippen molar-refractivity contribution in [3.05, 3.63) is 76.9 Å². The van der Waals surface area contributed by atoms with Crippen molar-refractivity contribution in [2.75, 3.05) is 0 Å². The molecule has 0 aliphatic rings. The molecule has 0 radical (unpaired) electrons. The third kappa shape index (κ3) is 4.07. The summed E-state index contributed by atoms with van der Waals surface area (Å²) in [4.78, 5) is 0.00111. The van der Waals surface area contributed by atoms with Crippen molar-refractivity contribution in [3.63, 3.8) is 0 Å². The first-order valence-electron chi connectivity index (χ1n) is 10.3. The van der Waals surface area contributed by atoms with Gasteiger partial charge < -0.3 is 0 Å². The van der Waals surface area contributed by atoms with Gasteiger partial charge >= 0.3 is 0 Å². The summed E-state index contributed by atoms with van der Waals surface area (Å²) in [7, 11) is -4.49. The minimum absolute atomic E-state index is 0.00111. The van der Waals surface area contributed by atoms with E-state index < -0.39 is 10.1 Å². The molecule has 0 aromatic heterocycles. The first-order valence-corrected chi connectivity index (χ1v) is 11.8. The molecule has 0 aliphatic carbocycles. The van der Waals surface area contributed by atoms with Crippen LogP contribution in [0, 0.1) is 13.8 Å². The van der Waals surface area contributed by atoms with Crippen LogP contribution in [-0.4, -0.2) is 13.0 Å². The predicted octanol–water partition coefficient (Wildman–Crippen LogP) is 7.13. The van der Waals surface area contributed by atoms with Crippen LogP contribution in [0.4, 0.5) is 0 Å². The molecule has 0 atom stereocenters. The average Bonchev–Trinajstić information content (AvgIpc) is 2.66. The lowest BCUT2D eigenvalue weighted by Crippen LogP contribution is -2.09. The Morgan fingerprint density at radius 2 is 1.07 bits per heavy atom. The molecule has 0 fully saturated rings. The second-order valence-electron chi connectivity index (χ2n) is 8.55. The van der Waals surface area contributed by atoms with Crippen LogP contribution in [-0.2, 0) is 10.1 Å². The molecule has 0 saturated carbocycles. The van der Waals surface area contributed by atoms with E-state index >= 15 is 0 Å². The molecule has 3 nitrogen and oxygen atoms in total. The van der Waals surface area contributed by atoms with Crippen LogP contribution in [0.3, 0.4) is 0 Å². The van der Waals surface area contributed by atoms with E-state index in [1.54, 1.807) is 0 Å². The largest absolute Gasteiger partial charge is 0.295 e. The van der Waals surface area contributed by atoms with Gasteiger partial charge in [-0.3, -0.25) is 4.55 Å². The number of hydrogen-bond donors (Lipinski definition) is 1. The van der Waals surface area contributed by atoms with Gasteiger partial charge in [0, 0.05) is 11.1 Å². The first-order chi connectivity index (χ1) is 14.0. The van der Waals surface area contributed by atoms with Gasteiger partial charge in [0.2, 0.25) is 0 Å². The minimum atomic E-state index is -4.49. The Balaban J connectivity index is 2.54. The molecule has 0 unspecified atom stereocenters. The summed E-state index contributed by atoms with van der Waals surface area (Å²) in [5, 5.41) is 0. The quantitative estimate of drug-likeness (QED) is 0.445. The summed E-state index contributed by atoms with van der Waals surface area (Å²) in [5.74, 6) is 0.421. The lowest BCUT2D eigenvalue weighted by molar-refractivity contribution is 0.483. The Labute approximate surface area is 180 Å². The van der Waals surface area contributed by atoms with Gasteiger partial charge in [-0.2, -0.15) is 8.42 Å². The summed E-state index contributed by atoms with van der Waals surface area (Å²) < 4.78 is 36.1. The highest BCUT2D eigenvalue weighted by molar-refractivity contribution is 7.86. The van der Waals surface area contributed by atoms with E-state index in [9.17, 15) is 13.0 Å². The van der Waals surface area contributed by atoms with Crippen molar-refractivity contribution in [2.45, 2.75) is 58.3 Å². The first kappa shape index (κ1) is 22.3. The summed E-state index contributed by atoms with van der Waals surface area (Å²) in [6.45, 7) is 12.2. The minimum Gasteiger partial charge on any atom is -0.282 e. The van der Waals surface area contributed by atoms with Crippen molar-refractivity contribution in [3.8, 4) is 22.3 Å². The maximum Gasteiger partial charge on any atom is 0.295 e. The zero-order chi connectivity index (χ0) is 22.2. The molecule has 30 heavy (non-hydrogen) atoms. The molecule has 158 valence electrons. The molecule has 1 N–H and O–H groups in total. The normalized spacial score (nSPS) is 12.0. The molecule has 0 bridgehead atoms. The Bertz CT molecular complexity index is 1110. The van der Waals surface area contributed by atoms with Gasteiger partial charge in [-0.05, 0) is 59.1 Å². The second-order valence-corrected chi connectivity index (χ2v) is 9.91. The fourth-order valence-corrected chi connectivity index (χ4v) is 5.39. The van der Waals surface area contributed by atoms with Crippen molar-refractivity contribution in [1.29, 1.82) is 0 Å². The van der Waals surface area contributed by atoms with Crippen molar-refractivity contribution in [1.82, 2.24) is 0 Å². The monoisotopic (exact) mass is 422 g/mol. The molecular weight excluding hydrogens is 392 g/mol. The van der Waals surface area contributed by atoms with Crippen molar-refractivity contribution < 1.29 is 13.0 Å². The summed E-state index contributed by atoms with van der Waals surface area (Å²) in [6, 6.07) is 17.7. The highest BCUT2D eigenvalue weighted by Gasteiger charge is 2.28. The van der Waals surface area contributed by atoms with E-state index in [1.165, 1.54) is 0 Å². The highest BCUT2D eigenvalue weighted by atomic mass is 32.2. The van der Waals surface area contributed by atoms with Crippen LogP contribution in [0.5, 0.6) is 0 Å². The van der Waals surface area contributed by atoms with Crippen molar-refractivity contribution >= 4 is 10.1 Å². The van der Waals surface area contributed by atoms with Crippen LogP contribution >= 0.6 is 0 Å². The lowest BCUT2D eigenvalue weighted by Gasteiger charge is -2.23. The van der Waals surface area contributed by atoms with Crippen LogP contribution in [0.15, 0.2) is 59.5 Å². The molecule has 0 heterocycles. The predicted molar refractivity (Wildman–Crippen MR) is 125 cm³/mol. The average molecular weight is 423 g/mol. The van der Waals surface area contributed by atoms with Gasteiger partial charge in [0.1, 0.15) is 4.90 Å². The van der Waals surface area contributed by atoms with Crippen molar-refractivity contribution in [2.24, 2.45) is 0 Å². The number of aryl methyl sites for hydroxylation is 2. The molecular formula is C26H30O3S. The number of hydrogen-bond acceptors (Lipinski definition) is 2. The highest BCUT2D eigenvalue weighted by Crippen LogP contribution is 2.44. The van der Waals surface area contributed by atoms with E-state index in [0.717, 1.165) is 33.4 Å². The Morgan fingerprint density at radius 1 is 0.700 bits per heavy atom. The number of rotatable bonds is 5. The fourth-order valence-electron chi connectivity index (χ4n) is 4.34. The van der Waals surface area contributed by atoms with E-state index in [-0.39, 0.29) is 16.7 Å². The standard InChI is InChI=1S/C26H30O3S/c1-16(2)20-11-7-9-13-22(20)24-18(5)15-19(6)25(26(24)30(27,28)29)23-14-10-8-12-21(23)17(3)4/h7-17H,1-6H3,(H,27,28,29). The van der Waals surface area contributed by atoms with E-state index in [1.807, 2.05) is 68.4 Å². The molecule has 0 saturated heterocycles. The zero-order valence-corrected chi connectivity index (χ0v) is 19.3. The molecule has 0 amide bonds. The SMILES string of the molecule is Cc1cc(C)c(-c2ccccc2C(C)C)c(S(=O)(=O)O)c1-c1ccccc1C(C)C. The molecule has 3 aromatic rings. The maximum atomic E-state index is 12.8. The van der Waals surface area contributed by atoms with Crippen LogP contribution in [0.1, 0.15) is 61.8 Å². The van der Waals surface area contributed by atoms with Crippen LogP contribution in [0.25, 0.3) is 22.3 Å². The number of benzene rings is 3. The van der Waals surface area contributed by atoms with Gasteiger partial charge in [-0.15, -0.1) is 0 Å². The Hall–Kier alpha value is -2.43. The van der Waals surface area contributed by atoms with Gasteiger partial charge in [-0.1, -0.05) is 82.3 Å². The van der Waals surface area contributed by atoms with Gasteiger partial charge in [0.25, 0.3) is 10.1 Å². The second kappa shape index (κ2) is 8.37. The smallest absolute Gasteiger partial charge is 0.282 e. The lowest BCUT2D eigenvalue weighted by atomic mass is 9.85. The Morgan fingerprint density at radius 3 is 1.40 bits per heavy atom. The third-order valence-corrected chi connectivity index (χ3v) is 6.56. The third-order valence-electron chi connectivity index (χ3n) is 5.64. The topological polar surface area (TPSA) is 54.4 Å². The van der Waals surface area contributed by atoms with Crippen LogP contribution < -0.4 is 0 Å². The fraction of sp³-hybridized carbons (Fsp3) is 0.308. The van der Waals surface area contributed by atoms with Gasteiger partial charge in [0.05, 0.1) is 0 Å². The van der Waals surface area contributed by atoms with E-state index in [0.29, 0.717) is 11.1 Å². The van der Waals surface area contributed by atoms with E-state index in [2.05, 4.69) is 27.7 Å². The summed E-state index contributed by atoms with van der Waals surface area (Å²) in [5.41, 5.74) is 6.64. The van der Waals surface area contributed by atoms with Gasteiger partial charge in [-0.25, -0.2) is 0 Å².